The van der Waals surface area contributed by atoms with E-state index in [1.165, 1.54) is 0 Å². The third kappa shape index (κ3) is 3.51. The van der Waals surface area contributed by atoms with Gasteiger partial charge in [0.2, 0.25) is 0 Å². The molecule has 0 unspecified atom stereocenters. The van der Waals surface area contributed by atoms with Gasteiger partial charge < -0.3 is 4.43 Å². The van der Waals surface area contributed by atoms with Gasteiger partial charge in [-0.2, -0.15) is 0 Å². The van der Waals surface area contributed by atoms with E-state index in [1.54, 1.807) is 18.6 Å². The maximum Gasteiger partial charge on any atom is 0.274 e. The molecule has 4 nitrogen and oxygen atoms in total. The van der Waals surface area contributed by atoms with Crippen molar-refractivity contribution in [3.63, 3.8) is 0 Å². The molecule has 0 saturated carbocycles. The molecule has 5 heteroatoms. The van der Waals surface area contributed by atoms with E-state index in [2.05, 4.69) is 28.1 Å². The second-order valence-electron chi connectivity index (χ2n) is 4.72. The van der Waals surface area contributed by atoms with E-state index >= 15 is 0 Å². The summed E-state index contributed by atoms with van der Waals surface area (Å²) in [4.78, 5) is 13.0. The van der Waals surface area contributed by atoms with Crippen molar-refractivity contribution in [1.82, 2.24) is 9.97 Å². The van der Waals surface area contributed by atoms with Crippen LogP contribution in [0.15, 0.2) is 41.8 Å². The molecule has 103 valence electrons. The molecule has 1 heterocycles. The lowest BCUT2D eigenvalue weighted by Crippen LogP contribution is -2.12. The molecule has 20 heavy (non-hydrogen) atoms. The van der Waals surface area contributed by atoms with Crippen molar-refractivity contribution in [2.24, 2.45) is 4.99 Å². The van der Waals surface area contributed by atoms with Gasteiger partial charge in [0.05, 0.1) is 11.9 Å². The molecule has 0 saturated heterocycles. The van der Waals surface area contributed by atoms with Gasteiger partial charge in [-0.3, -0.25) is 9.97 Å². The van der Waals surface area contributed by atoms with Crippen LogP contribution in [0, 0.1) is 6.92 Å². The molecule has 0 N–H and O–H groups in total. The Balaban J connectivity index is 2.40. The van der Waals surface area contributed by atoms with Crippen LogP contribution in [0.1, 0.15) is 18.2 Å². The summed E-state index contributed by atoms with van der Waals surface area (Å²) in [6.45, 7) is 8.19. The number of rotatable bonds is 4. The number of aryl methyl sites for hydroxylation is 1. The first-order valence-electron chi connectivity index (χ1n) is 6.47. The van der Waals surface area contributed by atoms with E-state index in [0.29, 0.717) is 0 Å². The van der Waals surface area contributed by atoms with Crippen LogP contribution in [0.25, 0.3) is 0 Å². The second-order valence-corrected chi connectivity index (χ2v) is 6.74. The van der Waals surface area contributed by atoms with Gasteiger partial charge in [0.1, 0.15) is 17.1 Å². The van der Waals surface area contributed by atoms with Crippen LogP contribution in [0.5, 0.6) is 5.75 Å². The highest BCUT2D eigenvalue weighted by Crippen LogP contribution is 2.32. The summed E-state index contributed by atoms with van der Waals surface area (Å²) < 4.78 is 5.97. The predicted octanol–water partition coefficient (Wildman–Crippen LogP) is 3.56. The van der Waals surface area contributed by atoms with Crippen molar-refractivity contribution < 1.29 is 4.43 Å². The van der Waals surface area contributed by atoms with Crippen LogP contribution < -0.4 is 4.43 Å². The molecule has 2 rings (SSSR count). The quantitative estimate of drug-likeness (QED) is 0.637. The molecular weight excluding hydrogens is 266 g/mol. The zero-order valence-electron chi connectivity index (χ0n) is 12.2. The molecule has 0 aliphatic carbocycles. The third-order valence-electron chi connectivity index (χ3n) is 2.72. The second kappa shape index (κ2) is 6.43. The fourth-order valence-electron chi connectivity index (χ4n) is 1.79. The van der Waals surface area contributed by atoms with Crippen molar-refractivity contribution in [1.29, 1.82) is 0 Å². The average Bonchev–Trinajstić information content (AvgIpc) is 2.43. The summed E-state index contributed by atoms with van der Waals surface area (Å²) in [5, 5.41) is 0. The zero-order valence-corrected chi connectivity index (χ0v) is 13.2. The standard InChI is InChI=1S/C15H18N3OSi/c1-11-6-5-7-13(15(11)19-20(3)4)18-12(2)14-10-16-8-9-17-14/h5-10H,1-4H3. The Hall–Kier alpha value is -2.01. The molecule has 1 aromatic heterocycles. The molecule has 1 radical (unpaired) electrons. The summed E-state index contributed by atoms with van der Waals surface area (Å²) in [5.74, 6) is 0.870. The van der Waals surface area contributed by atoms with Crippen LogP contribution in [0.4, 0.5) is 5.69 Å². The van der Waals surface area contributed by atoms with Gasteiger partial charge in [-0.1, -0.05) is 12.1 Å². The normalized spacial score (nSPS) is 11.8. The minimum absolute atomic E-state index is 0.776. The topological polar surface area (TPSA) is 47.4 Å². The number of hydrogen-bond acceptors (Lipinski definition) is 4. The number of benzene rings is 1. The van der Waals surface area contributed by atoms with Gasteiger partial charge in [0.25, 0.3) is 9.04 Å². The molecule has 0 spiro atoms. The van der Waals surface area contributed by atoms with Crippen LogP contribution in [0.2, 0.25) is 13.1 Å². The summed E-state index contributed by atoms with van der Waals surface area (Å²) in [5.41, 5.74) is 3.55. The SMILES string of the molecule is CC(=Nc1cccc(C)c1O[Si](C)C)c1cnccn1. The number of para-hydroxylation sites is 1. The van der Waals surface area contributed by atoms with E-state index in [9.17, 15) is 0 Å². The third-order valence-corrected chi connectivity index (χ3v) is 3.33. The molecular formula is C15H18N3OSi. The molecule has 0 atom stereocenters. The van der Waals surface area contributed by atoms with E-state index in [1.807, 2.05) is 32.0 Å². The highest BCUT2D eigenvalue weighted by Gasteiger charge is 2.10. The Morgan fingerprint density at radius 2 is 2.05 bits per heavy atom. The van der Waals surface area contributed by atoms with E-state index in [4.69, 9.17) is 4.43 Å². The zero-order chi connectivity index (χ0) is 14.5. The highest BCUT2D eigenvalue weighted by atomic mass is 28.3. The highest BCUT2D eigenvalue weighted by molar-refractivity contribution is 6.49. The molecule has 0 aliphatic heterocycles. The van der Waals surface area contributed by atoms with E-state index in [0.717, 1.165) is 28.4 Å². The average molecular weight is 284 g/mol. The lowest BCUT2D eigenvalue weighted by molar-refractivity contribution is 0.577. The molecule has 1 aromatic carbocycles. The van der Waals surface area contributed by atoms with Gasteiger partial charge in [-0.15, -0.1) is 0 Å². The maximum absolute atomic E-state index is 5.97. The summed E-state index contributed by atoms with van der Waals surface area (Å²) in [7, 11) is -0.828. The van der Waals surface area contributed by atoms with Gasteiger partial charge in [-0.25, -0.2) is 4.99 Å². The van der Waals surface area contributed by atoms with Gasteiger partial charge in [0.15, 0.2) is 0 Å². The van der Waals surface area contributed by atoms with Crippen LogP contribution in [0.3, 0.4) is 0 Å². The monoisotopic (exact) mass is 284 g/mol. The Morgan fingerprint density at radius 1 is 1.25 bits per heavy atom. The molecule has 0 bridgehead atoms. The Morgan fingerprint density at radius 3 is 2.70 bits per heavy atom. The van der Waals surface area contributed by atoms with Crippen molar-refractivity contribution in [3.8, 4) is 5.75 Å². The molecule has 2 aromatic rings. The Kier molecular flexibility index (Phi) is 4.63. The van der Waals surface area contributed by atoms with Crippen molar-refractivity contribution >= 4 is 20.4 Å². The van der Waals surface area contributed by atoms with Gasteiger partial charge in [0, 0.05) is 12.4 Å². The van der Waals surface area contributed by atoms with Gasteiger partial charge in [-0.05, 0) is 38.6 Å². The summed E-state index contributed by atoms with van der Waals surface area (Å²) in [6, 6.07) is 5.99. The molecule has 0 aliphatic rings. The first-order chi connectivity index (χ1) is 9.58. The lowest BCUT2D eigenvalue weighted by Gasteiger charge is -2.14. The Labute approximate surface area is 121 Å². The Bertz CT molecular complexity index is 612. The fraction of sp³-hybridized carbons (Fsp3) is 0.267. The number of aliphatic imine (C=N–C) groups is 1. The molecule has 0 amide bonds. The lowest BCUT2D eigenvalue weighted by atomic mass is 10.2. The van der Waals surface area contributed by atoms with Crippen LogP contribution in [-0.2, 0) is 0 Å². The first kappa shape index (κ1) is 14.4. The first-order valence-corrected chi connectivity index (χ1v) is 8.88. The number of nitrogens with zero attached hydrogens (tertiary/aromatic N) is 3. The summed E-state index contributed by atoms with van der Waals surface area (Å²) in [6.07, 6.45) is 5.03. The van der Waals surface area contributed by atoms with Crippen molar-refractivity contribution in [2.75, 3.05) is 0 Å². The fourth-order valence-corrected chi connectivity index (χ4v) is 2.46. The van der Waals surface area contributed by atoms with Crippen molar-refractivity contribution in [3.05, 3.63) is 48.0 Å². The minimum Gasteiger partial charge on any atom is -0.541 e. The largest absolute Gasteiger partial charge is 0.541 e. The number of hydrogen-bond donors (Lipinski definition) is 0. The van der Waals surface area contributed by atoms with E-state index < -0.39 is 9.04 Å². The minimum atomic E-state index is -0.828. The summed E-state index contributed by atoms with van der Waals surface area (Å²) >= 11 is 0. The molecule has 0 fully saturated rings. The maximum atomic E-state index is 5.97. The predicted molar refractivity (Wildman–Crippen MR) is 83.2 cm³/mol. The van der Waals surface area contributed by atoms with Crippen molar-refractivity contribution in [2.45, 2.75) is 26.9 Å². The number of aromatic nitrogens is 2. The van der Waals surface area contributed by atoms with Crippen LogP contribution in [-0.4, -0.2) is 24.7 Å². The van der Waals surface area contributed by atoms with Crippen LogP contribution >= 0.6 is 0 Å². The van der Waals surface area contributed by atoms with Gasteiger partial charge >= 0.3 is 0 Å². The van der Waals surface area contributed by atoms with E-state index in [-0.39, 0.29) is 0 Å². The smallest absolute Gasteiger partial charge is 0.274 e.